The molecule has 0 N–H and O–H groups in total. The fourth-order valence-corrected chi connectivity index (χ4v) is 8.35. The van der Waals surface area contributed by atoms with Crippen LogP contribution in [-0.2, 0) is 0 Å². The van der Waals surface area contributed by atoms with E-state index in [9.17, 15) is 0 Å². The maximum Gasteiger partial charge on any atom is 0.227 e. The highest BCUT2D eigenvalue weighted by atomic mass is 16.3. The minimum atomic E-state index is 0.616. The highest BCUT2D eigenvalue weighted by Crippen LogP contribution is 2.46. The normalized spacial score (nSPS) is 11.6. The number of para-hydroxylation sites is 3. The van der Waals surface area contributed by atoms with Gasteiger partial charge in [0.2, 0.25) is 5.89 Å². The largest absolute Gasteiger partial charge is 0.435 e. The SMILES string of the molecule is c1ccc(-c2nc3ccc4c(-c5ccccc5)cc5ccc(N(c6ccccc6)c6cccc7c6c6ccccc6n7-c6ccccc6)cc5c4c3o2)cc1. The van der Waals surface area contributed by atoms with E-state index in [1.54, 1.807) is 0 Å². The highest BCUT2D eigenvalue weighted by molar-refractivity contribution is 6.23. The van der Waals surface area contributed by atoms with Crippen LogP contribution in [0.5, 0.6) is 0 Å². The number of hydrogen-bond donors (Lipinski definition) is 0. The summed E-state index contributed by atoms with van der Waals surface area (Å²) in [6, 6.07) is 70.9. The van der Waals surface area contributed by atoms with Crippen LogP contribution in [0, 0.1) is 0 Å². The van der Waals surface area contributed by atoms with E-state index in [1.807, 2.05) is 30.3 Å². The molecule has 0 saturated carbocycles. The second-order valence-corrected chi connectivity index (χ2v) is 13.9. The third kappa shape index (κ3) is 5.03. The van der Waals surface area contributed by atoms with E-state index >= 15 is 0 Å². The molecule has 11 rings (SSSR count). The van der Waals surface area contributed by atoms with Crippen molar-refractivity contribution in [3.05, 3.63) is 200 Å². The van der Waals surface area contributed by atoms with Crippen LogP contribution in [0.4, 0.5) is 17.1 Å². The average molecular weight is 704 g/mol. The molecule has 2 aromatic heterocycles. The molecule has 9 aromatic carbocycles. The maximum absolute atomic E-state index is 6.76. The molecule has 0 fully saturated rings. The molecule has 0 atom stereocenters. The molecule has 11 aromatic rings. The molecule has 0 aliphatic heterocycles. The Morgan fingerprint density at radius 1 is 0.455 bits per heavy atom. The van der Waals surface area contributed by atoms with Crippen molar-refractivity contribution in [2.45, 2.75) is 0 Å². The summed E-state index contributed by atoms with van der Waals surface area (Å²) in [7, 11) is 0. The van der Waals surface area contributed by atoms with E-state index in [1.165, 1.54) is 16.3 Å². The van der Waals surface area contributed by atoms with Gasteiger partial charge in [0, 0.05) is 38.8 Å². The van der Waals surface area contributed by atoms with E-state index in [2.05, 4.69) is 179 Å². The van der Waals surface area contributed by atoms with E-state index < -0.39 is 0 Å². The molecule has 0 unspecified atom stereocenters. The van der Waals surface area contributed by atoms with Crippen LogP contribution in [0.1, 0.15) is 0 Å². The van der Waals surface area contributed by atoms with Crippen molar-refractivity contribution >= 4 is 71.5 Å². The predicted molar refractivity (Wildman–Crippen MR) is 229 cm³/mol. The zero-order valence-electron chi connectivity index (χ0n) is 29.8. The summed E-state index contributed by atoms with van der Waals surface area (Å²) in [5.74, 6) is 0.616. The van der Waals surface area contributed by atoms with E-state index in [4.69, 9.17) is 9.40 Å². The van der Waals surface area contributed by atoms with Gasteiger partial charge in [-0.05, 0) is 106 Å². The smallest absolute Gasteiger partial charge is 0.227 e. The number of benzene rings is 9. The molecule has 0 saturated heterocycles. The summed E-state index contributed by atoms with van der Waals surface area (Å²) in [5.41, 5.74) is 11.6. The van der Waals surface area contributed by atoms with Crippen molar-refractivity contribution in [1.29, 1.82) is 0 Å². The van der Waals surface area contributed by atoms with Gasteiger partial charge in [-0.2, -0.15) is 0 Å². The van der Waals surface area contributed by atoms with Crippen LogP contribution in [-0.4, -0.2) is 9.55 Å². The van der Waals surface area contributed by atoms with Crippen molar-refractivity contribution in [2.24, 2.45) is 0 Å². The van der Waals surface area contributed by atoms with Crippen molar-refractivity contribution < 1.29 is 4.42 Å². The molecule has 0 amide bonds. The van der Waals surface area contributed by atoms with Crippen LogP contribution in [0.3, 0.4) is 0 Å². The topological polar surface area (TPSA) is 34.2 Å². The molecule has 0 radical (unpaired) electrons. The molecule has 0 aliphatic rings. The van der Waals surface area contributed by atoms with Crippen LogP contribution in [0.15, 0.2) is 205 Å². The quantitative estimate of drug-likeness (QED) is 0.162. The number of rotatable bonds is 6. The zero-order valence-corrected chi connectivity index (χ0v) is 29.8. The van der Waals surface area contributed by atoms with Gasteiger partial charge in [0.1, 0.15) is 5.52 Å². The zero-order chi connectivity index (χ0) is 36.3. The number of nitrogens with zero attached hydrogens (tertiary/aromatic N) is 3. The van der Waals surface area contributed by atoms with Gasteiger partial charge in [-0.25, -0.2) is 4.98 Å². The third-order valence-electron chi connectivity index (χ3n) is 10.8. The van der Waals surface area contributed by atoms with Crippen LogP contribution >= 0.6 is 0 Å². The molecule has 0 bridgehead atoms. The Kier molecular flexibility index (Phi) is 7.14. The maximum atomic E-state index is 6.76. The van der Waals surface area contributed by atoms with Gasteiger partial charge in [0.25, 0.3) is 0 Å². The lowest BCUT2D eigenvalue weighted by molar-refractivity contribution is 0.623. The second-order valence-electron chi connectivity index (χ2n) is 13.9. The summed E-state index contributed by atoms with van der Waals surface area (Å²) in [5, 5.41) is 6.81. The molecule has 4 heteroatoms. The first-order valence-electron chi connectivity index (χ1n) is 18.6. The van der Waals surface area contributed by atoms with Crippen LogP contribution < -0.4 is 4.90 Å². The first-order chi connectivity index (χ1) is 27.3. The number of fused-ring (bicyclic) bond motifs is 8. The van der Waals surface area contributed by atoms with Gasteiger partial charge in [-0.15, -0.1) is 0 Å². The van der Waals surface area contributed by atoms with Crippen molar-refractivity contribution in [2.75, 3.05) is 4.90 Å². The number of aromatic nitrogens is 2. The van der Waals surface area contributed by atoms with Crippen molar-refractivity contribution in [3.8, 4) is 28.3 Å². The van der Waals surface area contributed by atoms with Crippen LogP contribution in [0.25, 0.3) is 82.7 Å². The lowest BCUT2D eigenvalue weighted by atomic mass is 9.92. The number of oxazole rings is 1. The highest BCUT2D eigenvalue weighted by Gasteiger charge is 2.23. The molecular formula is C51H33N3O. The minimum absolute atomic E-state index is 0.616. The molecule has 0 spiro atoms. The molecule has 4 nitrogen and oxygen atoms in total. The standard InChI is InChI=1S/C51H33N3O/c1-5-16-34(17-6-1)42-32-36-28-29-39(33-43(36)48-40(42)30-31-44-50(48)55-51(52-44)35-18-7-2-8-19-35)53(37-20-9-3-10-21-37)46-26-15-27-47-49(46)41-24-13-14-25-45(41)54(47)38-22-11-4-12-23-38/h1-33H. The first-order valence-corrected chi connectivity index (χ1v) is 18.6. The van der Waals surface area contributed by atoms with E-state index in [-0.39, 0.29) is 0 Å². The van der Waals surface area contributed by atoms with Gasteiger partial charge >= 0.3 is 0 Å². The lowest BCUT2D eigenvalue weighted by Crippen LogP contribution is -2.10. The van der Waals surface area contributed by atoms with Crippen LogP contribution in [0.2, 0.25) is 0 Å². The molecule has 0 aliphatic carbocycles. The Labute approximate surface area is 317 Å². The lowest BCUT2D eigenvalue weighted by Gasteiger charge is -2.27. The average Bonchev–Trinajstić information content (AvgIpc) is 3.85. The molecular weight excluding hydrogens is 671 g/mol. The first kappa shape index (κ1) is 31.1. The second kappa shape index (κ2) is 12.6. The summed E-state index contributed by atoms with van der Waals surface area (Å²) in [6.45, 7) is 0. The molecule has 258 valence electrons. The van der Waals surface area contributed by atoms with Gasteiger partial charge in [-0.1, -0.05) is 121 Å². The van der Waals surface area contributed by atoms with Gasteiger partial charge in [0.05, 0.1) is 16.7 Å². The molecule has 2 heterocycles. The summed E-state index contributed by atoms with van der Waals surface area (Å²) in [4.78, 5) is 7.41. The minimum Gasteiger partial charge on any atom is -0.435 e. The third-order valence-corrected chi connectivity index (χ3v) is 10.8. The van der Waals surface area contributed by atoms with Crippen molar-refractivity contribution in [3.63, 3.8) is 0 Å². The van der Waals surface area contributed by atoms with Gasteiger partial charge in [-0.3, -0.25) is 0 Å². The van der Waals surface area contributed by atoms with E-state index in [0.29, 0.717) is 5.89 Å². The Bertz CT molecular complexity index is 3190. The number of hydrogen-bond acceptors (Lipinski definition) is 3. The fraction of sp³-hybridized carbons (Fsp3) is 0. The Balaban J connectivity index is 1.22. The summed E-state index contributed by atoms with van der Waals surface area (Å²) in [6.07, 6.45) is 0. The van der Waals surface area contributed by atoms with Gasteiger partial charge < -0.3 is 13.9 Å². The van der Waals surface area contributed by atoms with E-state index in [0.717, 1.165) is 77.6 Å². The predicted octanol–water partition coefficient (Wildman–Crippen LogP) is 14.0. The fourth-order valence-electron chi connectivity index (χ4n) is 8.35. The van der Waals surface area contributed by atoms with Crippen molar-refractivity contribution in [1.82, 2.24) is 9.55 Å². The monoisotopic (exact) mass is 703 g/mol. The number of anilines is 3. The summed E-state index contributed by atoms with van der Waals surface area (Å²) >= 11 is 0. The van der Waals surface area contributed by atoms with Gasteiger partial charge in [0.15, 0.2) is 5.58 Å². The Morgan fingerprint density at radius 2 is 1.13 bits per heavy atom. The molecule has 55 heavy (non-hydrogen) atoms. The summed E-state index contributed by atoms with van der Waals surface area (Å²) < 4.78 is 9.14. The Hall–Kier alpha value is -7.43. The Morgan fingerprint density at radius 3 is 1.91 bits per heavy atom.